The summed E-state index contributed by atoms with van der Waals surface area (Å²) in [4.78, 5) is 14.1. The number of primary amides is 1. The Hall–Kier alpha value is -3.80. The molecule has 38 heavy (non-hydrogen) atoms. The minimum Gasteiger partial charge on any atom is -0.493 e. The molecule has 0 aliphatic rings. The maximum atomic E-state index is 11.6. The molecule has 2 N–H and O–H groups in total. The summed E-state index contributed by atoms with van der Waals surface area (Å²) >= 11 is 6.14. The number of carbonyl (C=O) groups excluding carboxylic acids is 1. The van der Waals surface area contributed by atoms with Crippen molar-refractivity contribution in [1.82, 2.24) is 4.90 Å². The predicted octanol–water partition coefficient (Wildman–Crippen LogP) is 6.55. The van der Waals surface area contributed by atoms with Crippen LogP contribution in [0.15, 0.2) is 103 Å². The fraction of sp³-hybridized carbons (Fsp3) is 0.219. The molecule has 0 bridgehead atoms. The van der Waals surface area contributed by atoms with Gasteiger partial charge in [0, 0.05) is 36.1 Å². The zero-order valence-electron chi connectivity index (χ0n) is 21.6. The summed E-state index contributed by atoms with van der Waals surface area (Å²) in [5.41, 5.74) is 9.59. The minimum atomic E-state index is -0.500. The molecule has 4 aromatic carbocycles. The van der Waals surface area contributed by atoms with Crippen LogP contribution < -0.4 is 15.2 Å². The van der Waals surface area contributed by atoms with Gasteiger partial charge >= 0.3 is 0 Å². The first-order valence-electron chi connectivity index (χ1n) is 12.7. The summed E-state index contributed by atoms with van der Waals surface area (Å²) in [5.74, 6) is 0.804. The Labute approximate surface area is 229 Å². The third-order valence-corrected chi connectivity index (χ3v) is 6.74. The van der Waals surface area contributed by atoms with Crippen LogP contribution in [0.1, 0.15) is 39.4 Å². The molecule has 4 rings (SSSR count). The van der Waals surface area contributed by atoms with Gasteiger partial charge in [-0.2, -0.15) is 0 Å². The highest BCUT2D eigenvalue weighted by atomic mass is 35.5. The molecule has 0 saturated carbocycles. The predicted molar refractivity (Wildman–Crippen MR) is 153 cm³/mol. The Kier molecular flexibility index (Phi) is 9.79. The van der Waals surface area contributed by atoms with Crippen molar-refractivity contribution in [3.8, 4) is 11.5 Å². The minimum absolute atomic E-state index is 0.220. The van der Waals surface area contributed by atoms with Crippen LogP contribution in [-0.2, 0) is 6.54 Å². The average molecular weight is 529 g/mol. The number of nitrogens with two attached hydrogens (primary N) is 1. The molecule has 0 atom stereocenters. The van der Waals surface area contributed by atoms with Gasteiger partial charge < -0.3 is 15.2 Å². The van der Waals surface area contributed by atoms with Crippen molar-refractivity contribution in [2.24, 2.45) is 5.73 Å². The zero-order valence-corrected chi connectivity index (χ0v) is 22.3. The number of hydrogen-bond donors (Lipinski definition) is 1. The second-order valence-corrected chi connectivity index (χ2v) is 9.60. The molecular formula is C32H33ClN2O3. The number of hydrogen-bond acceptors (Lipinski definition) is 4. The normalized spacial score (nSPS) is 11.1. The summed E-state index contributed by atoms with van der Waals surface area (Å²) in [6, 6.07) is 34.2. The van der Waals surface area contributed by atoms with Crippen molar-refractivity contribution >= 4 is 17.5 Å². The van der Waals surface area contributed by atoms with Gasteiger partial charge in [-0.1, -0.05) is 84.4 Å². The lowest BCUT2D eigenvalue weighted by Gasteiger charge is -2.28. The standard InChI is InChI=1S/C32H33ClN2O3/c1-37-30-18-15-27(32(34)36)21-31(30)38-20-8-19-35(22-24-13-16-28(33)17-14-24)23-29(25-9-4-2-5-10-25)26-11-6-3-7-12-26/h2-7,9-18,21,29H,8,19-20,22-23H2,1H3,(H2,34,36). The number of halogens is 1. The van der Waals surface area contributed by atoms with E-state index in [4.69, 9.17) is 26.8 Å². The topological polar surface area (TPSA) is 64.8 Å². The van der Waals surface area contributed by atoms with Crippen LogP contribution in [0, 0.1) is 0 Å². The van der Waals surface area contributed by atoms with Crippen molar-refractivity contribution in [1.29, 1.82) is 0 Å². The maximum Gasteiger partial charge on any atom is 0.248 e. The van der Waals surface area contributed by atoms with E-state index in [9.17, 15) is 4.79 Å². The lowest BCUT2D eigenvalue weighted by molar-refractivity contribution is 0.0999. The van der Waals surface area contributed by atoms with Crippen molar-refractivity contribution in [2.45, 2.75) is 18.9 Å². The molecule has 6 heteroatoms. The molecular weight excluding hydrogens is 496 g/mol. The number of amides is 1. The average Bonchev–Trinajstić information content (AvgIpc) is 2.95. The van der Waals surface area contributed by atoms with Gasteiger partial charge in [0.1, 0.15) is 0 Å². The highest BCUT2D eigenvalue weighted by Gasteiger charge is 2.19. The largest absolute Gasteiger partial charge is 0.493 e. The van der Waals surface area contributed by atoms with Crippen molar-refractivity contribution in [3.05, 3.63) is 130 Å². The Balaban J connectivity index is 1.50. The molecule has 0 spiro atoms. The summed E-state index contributed by atoms with van der Waals surface area (Å²) < 4.78 is 11.4. The Morgan fingerprint density at radius 2 is 1.50 bits per heavy atom. The summed E-state index contributed by atoms with van der Waals surface area (Å²) in [6.07, 6.45) is 0.786. The Morgan fingerprint density at radius 3 is 2.08 bits per heavy atom. The molecule has 0 radical (unpaired) electrons. The van der Waals surface area contributed by atoms with E-state index in [-0.39, 0.29) is 5.92 Å². The fourth-order valence-corrected chi connectivity index (χ4v) is 4.65. The van der Waals surface area contributed by atoms with Gasteiger partial charge in [-0.05, 0) is 53.4 Å². The smallest absolute Gasteiger partial charge is 0.248 e. The van der Waals surface area contributed by atoms with Crippen LogP contribution in [-0.4, -0.2) is 37.6 Å². The van der Waals surface area contributed by atoms with Gasteiger partial charge in [-0.25, -0.2) is 0 Å². The van der Waals surface area contributed by atoms with E-state index in [0.717, 1.165) is 31.1 Å². The second kappa shape index (κ2) is 13.7. The lowest BCUT2D eigenvalue weighted by Crippen LogP contribution is -2.30. The Bertz CT molecular complexity index is 1260. The molecule has 1 amide bonds. The van der Waals surface area contributed by atoms with E-state index in [2.05, 4.69) is 77.7 Å². The monoisotopic (exact) mass is 528 g/mol. The third-order valence-electron chi connectivity index (χ3n) is 6.49. The van der Waals surface area contributed by atoms with E-state index in [1.165, 1.54) is 16.7 Å². The highest BCUT2D eigenvalue weighted by molar-refractivity contribution is 6.30. The van der Waals surface area contributed by atoms with Gasteiger partial charge in [0.2, 0.25) is 5.91 Å². The van der Waals surface area contributed by atoms with Crippen LogP contribution in [0.2, 0.25) is 5.02 Å². The van der Waals surface area contributed by atoms with Gasteiger partial charge in [-0.3, -0.25) is 9.69 Å². The number of benzene rings is 4. The van der Waals surface area contributed by atoms with Crippen LogP contribution in [0.25, 0.3) is 0 Å². The molecule has 0 aliphatic heterocycles. The molecule has 0 heterocycles. The summed E-state index contributed by atoms with van der Waals surface area (Å²) in [6.45, 7) is 2.92. The van der Waals surface area contributed by atoms with E-state index < -0.39 is 5.91 Å². The SMILES string of the molecule is COc1ccc(C(N)=O)cc1OCCCN(Cc1ccc(Cl)cc1)CC(c1ccccc1)c1ccccc1. The highest BCUT2D eigenvalue weighted by Crippen LogP contribution is 2.29. The lowest BCUT2D eigenvalue weighted by atomic mass is 9.90. The number of ether oxygens (including phenoxy) is 2. The van der Waals surface area contributed by atoms with Crippen LogP contribution in [0.4, 0.5) is 0 Å². The molecule has 0 fully saturated rings. The van der Waals surface area contributed by atoms with Gasteiger partial charge in [0.25, 0.3) is 0 Å². The van der Waals surface area contributed by atoms with Crippen LogP contribution in [0.3, 0.4) is 0 Å². The van der Waals surface area contributed by atoms with Crippen LogP contribution >= 0.6 is 11.6 Å². The van der Waals surface area contributed by atoms with E-state index in [0.29, 0.717) is 23.7 Å². The second-order valence-electron chi connectivity index (χ2n) is 9.17. The number of nitrogens with zero attached hydrogens (tertiary/aromatic N) is 1. The van der Waals surface area contributed by atoms with Crippen molar-refractivity contribution in [3.63, 3.8) is 0 Å². The van der Waals surface area contributed by atoms with Crippen molar-refractivity contribution in [2.75, 3.05) is 26.8 Å². The van der Waals surface area contributed by atoms with Crippen LogP contribution in [0.5, 0.6) is 11.5 Å². The first kappa shape index (κ1) is 27.2. The first-order valence-corrected chi connectivity index (χ1v) is 13.1. The first-order chi connectivity index (χ1) is 18.5. The van der Waals surface area contributed by atoms with Gasteiger partial charge in [0.05, 0.1) is 13.7 Å². The maximum absolute atomic E-state index is 11.6. The number of carbonyl (C=O) groups is 1. The zero-order chi connectivity index (χ0) is 26.7. The van der Waals surface area contributed by atoms with Gasteiger partial charge in [0.15, 0.2) is 11.5 Å². The summed E-state index contributed by atoms with van der Waals surface area (Å²) in [7, 11) is 1.58. The quantitative estimate of drug-likeness (QED) is 0.200. The molecule has 0 aliphatic carbocycles. The third kappa shape index (κ3) is 7.60. The summed E-state index contributed by atoms with van der Waals surface area (Å²) in [5, 5.41) is 0.729. The molecule has 5 nitrogen and oxygen atoms in total. The molecule has 0 unspecified atom stereocenters. The van der Waals surface area contributed by atoms with E-state index in [1.54, 1.807) is 25.3 Å². The molecule has 4 aromatic rings. The van der Waals surface area contributed by atoms with Gasteiger partial charge in [-0.15, -0.1) is 0 Å². The number of rotatable bonds is 13. The number of methoxy groups -OCH3 is 1. The Morgan fingerprint density at radius 1 is 0.868 bits per heavy atom. The molecule has 0 saturated heterocycles. The van der Waals surface area contributed by atoms with E-state index >= 15 is 0 Å². The molecule has 0 aromatic heterocycles. The molecule has 196 valence electrons. The fourth-order valence-electron chi connectivity index (χ4n) is 4.53. The van der Waals surface area contributed by atoms with Crippen molar-refractivity contribution < 1.29 is 14.3 Å². The van der Waals surface area contributed by atoms with E-state index in [1.807, 2.05) is 12.1 Å².